The zero-order valence-electron chi connectivity index (χ0n) is 9.41. The van der Waals surface area contributed by atoms with Gasteiger partial charge in [-0.3, -0.25) is 0 Å². The summed E-state index contributed by atoms with van der Waals surface area (Å²) in [6.45, 7) is 5.90. The van der Waals surface area contributed by atoms with Gasteiger partial charge in [-0.25, -0.2) is 0 Å². The minimum Gasteiger partial charge on any atom is -0.378 e. The van der Waals surface area contributed by atoms with Crippen molar-refractivity contribution in [1.82, 2.24) is 0 Å². The van der Waals surface area contributed by atoms with E-state index >= 15 is 0 Å². The third kappa shape index (κ3) is 1.18. The molecule has 1 unspecified atom stereocenters. The van der Waals surface area contributed by atoms with Crippen LogP contribution in [0.1, 0.15) is 39.5 Å². The second-order valence-corrected chi connectivity index (χ2v) is 5.95. The van der Waals surface area contributed by atoms with E-state index in [-0.39, 0.29) is 0 Å². The normalized spacial score (nSPS) is 51.2. The lowest BCUT2D eigenvalue weighted by molar-refractivity contribution is 0.0268. The number of hydrogen-bond donors (Lipinski definition) is 0. The van der Waals surface area contributed by atoms with E-state index in [1.54, 1.807) is 0 Å². The zero-order chi connectivity index (χ0) is 9.71. The Morgan fingerprint density at radius 1 is 1.21 bits per heavy atom. The van der Waals surface area contributed by atoms with E-state index < -0.39 is 0 Å². The SMILES string of the molecule is CC(C)[C@@H]1CC2CO[C@@H]3CCC[C@H]1[C@H]23. The first kappa shape index (κ1) is 9.21. The van der Waals surface area contributed by atoms with Crippen LogP contribution in [0.4, 0.5) is 0 Å². The highest BCUT2D eigenvalue weighted by Crippen LogP contribution is 2.55. The van der Waals surface area contributed by atoms with Crippen molar-refractivity contribution in [2.75, 3.05) is 6.61 Å². The van der Waals surface area contributed by atoms with Crippen LogP contribution in [0.15, 0.2) is 0 Å². The molecule has 0 aromatic heterocycles. The van der Waals surface area contributed by atoms with E-state index in [0.717, 1.165) is 36.2 Å². The molecule has 1 saturated heterocycles. The highest BCUT2D eigenvalue weighted by Gasteiger charge is 2.52. The maximum Gasteiger partial charge on any atom is 0.0609 e. The predicted molar refractivity (Wildman–Crippen MR) is 57.0 cm³/mol. The van der Waals surface area contributed by atoms with Gasteiger partial charge in [-0.05, 0) is 48.9 Å². The van der Waals surface area contributed by atoms with Crippen molar-refractivity contribution < 1.29 is 4.74 Å². The van der Waals surface area contributed by atoms with Gasteiger partial charge in [-0.15, -0.1) is 0 Å². The second kappa shape index (κ2) is 3.23. The van der Waals surface area contributed by atoms with E-state index in [2.05, 4.69) is 13.8 Å². The summed E-state index contributed by atoms with van der Waals surface area (Å²) in [5.41, 5.74) is 0. The largest absolute Gasteiger partial charge is 0.378 e. The molecule has 0 amide bonds. The lowest BCUT2D eigenvalue weighted by Crippen LogP contribution is -2.31. The second-order valence-electron chi connectivity index (χ2n) is 5.95. The lowest BCUT2D eigenvalue weighted by atomic mass is 9.73. The molecule has 0 N–H and O–H groups in total. The Morgan fingerprint density at radius 2 is 2.07 bits per heavy atom. The molecule has 3 aliphatic rings. The van der Waals surface area contributed by atoms with Crippen LogP contribution < -0.4 is 0 Å². The van der Waals surface area contributed by atoms with Gasteiger partial charge in [0, 0.05) is 0 Å². The summed E-state index contributed by atoms with van der Waals surface area (Å²) in [5, 5.41) is 0. The summed E-state index contributed by atoms with van der Waals surface area (Å²) >= 11 is 0. The molecule has 3 rings (SSSR count). The van der Waals surface area contributed by atoms with Crippen LogP contribution in [-0.2, 0) is 4.74 Å². The molecule has 2 saturated carbocycles. The molecular formula is C13H22O. The standard InChI is InChI=1S/C13H22O/c1-8(2)11-6-9-7-14-12-5-3-4-10(11)13(9)12/h8-13H,3-7H2,1-2H3/t9?,10-,11+,12-,13+/m1/s1. The molecule has 5 atom stereocenters. The Labute approximate surface area is 87.2 Å². The predicted octanol–water partition coefficient (Wildman–Crippen LogP) is 3.09. The van der Waals surface area contributed by atoms with Crippen LogP contribution in [0.2, 0.25) is 0 Å². The summed E-state index contributed by atoms with van der Waals surface area (Å²) in [6, 6.07) is 0. The third-order valence-electron chi connectivity index (χ3n) is 5.00. The Hall–Kier alpha value is -0.0400. The van der Waals surface area contributed by atoms with Crippen molar-refractivity contribution in [2.24, 2.45) is 29.6 Å². The fourth-order valence-corrected chi connectivity index (χ4v) is 4.44. The van der Waals surface area contributed by atoms with E-state index in [9.17, 15) is 0 Å². The van der Waals surface area contributed by atoms with Crippen molar-refractivity contribution in [3.63, 3.8) is 0 Å². The Bertz CT molecular complexity index is 221. The molecule has 1 heteroatoms. The van der Waals surface area contributed by atoms with E-state index in [0.29, 0.717) is 6.10 Å². The van der Waals surface area contributed by atoms with Crippen LogP contribution >= 0.6 is 0 Å². The molecule has 0 aromatic carbocycles. The quantitative estimate of drug-likeness (QED) is 0.623. The average Bonchev–Trinajstić information content (AvgIpc) is 2.72. The van der Waals surface area contributed by atoms with Gasteiger partial charge in [-0.1, -0.05) is 20.3 Å². The minimum absolute atomic E-state index is 0.655. The van der Waals surface area contributed by atoms with E-state index in [1.807, 2.05) is 0 Å². The minimum atomic E-state index is 0.655. The monoisotopic (exact) mass is 194 g/mol. The van der Waals surface area contributed by atoms with Crippen LogP contribution in [0.25, 0.3) is 0 Å². The van der Waals surface area contributed by atoms with Gasteiger partial charge in [0.05, 0.1) is 12.7 Å². The summed E-state index contributed by atoms with van der Waals surface area (Å²) in [5.74, 6) is 4.80. The van der Waals surface area contributed by atoms with Gasteiger partial charge in [0.2, 0.25) is 0 Å². The molecule has 1 aliphatic heterocycles. The van der Waals surface area contributed by atoms with Crippen LogP contribution in [0.3, 0.4) is 0 Å². The molecular weight excluding hydrogens is 172 g/mol. The lowest BCUT2D eigenvalue weighted by Gasteiger charge is -2.34. The summed E-state index contributed by atoms with van der Waals surface area (Å²) < 4.78 is 5.92. The molecule has 2 aliphatic carbocycles. The summed E-state index contributed by atoms with van der Waals surface area (Å²) in [6.07, 6.45) is 6.37. The highest BCUT2D eigenvalue weighted by molar-refractivity contribution is 5.00. The van der Waals surface area contributed by atoms with Crippen molar-refractivity contribution in [2.45, 2.75) is 45.6 Å². The van der Waals surface area contributed by atoms with Gasteiger partial charge in [-0.2, -0.15) is 0 Å². The number of rotatable bonds is 1. The van der Waals surface area contributed by atoms with Crippen molar-refractivity contribution in [1.29, 1.82) is 0 Å². The van der Waals surface area contributed by atoms with E-state index in [4.69, 9.17) is 4.74 Å². The van der Waals surface area contributed by atoms with Crippen molar-refractivity contribution in [3.8, 4) is 0 Å². The first-order valence-electron chi connectivity index (χ1n) is 6.39. The molecule has 14 heavy (non-hydrogen) atoms. The van der Waals surface area contributed by atoms with Crippen molar-refractivity contribution >= 4 is 0 Å². The third-order valence-corrected chi connectivity index (χ3v) is 5.00. The first-order chi connectivity index (χ1) is 6.77. The first-order valence-corrected chi connectivity index (χ1v) is 6.39. The van der Waals surface area contributed by atoms with Crippen molar-refractivity contribution in [3.05, 3.63) is 0 Å². The number of hydrogen-bond acceptors (Lipinski definition) is 1. The Morgan fingerprint density at radius 3 is 2.86 bits per heavy atom. The summed E-state index contributed by atoms with van der Waals surface area (Å²) in [7, 11) is 0. The molecule has 80 valence electrons. The molecule has 0 spiro atoms. The van der Waals surface area contributed by atoms with Crippen LogP contribution in [0.5, 0.6) is 0 Å². The highest BCUT2D eigenvalue weighted by atomic mass is 16.5. The summed E-state index contributed by atoms with van der Waals surface area (Å²) in [4.78, 5) is 0. The fourth-order valence-electron chi connectivity index (χ4n) is 4.44. The van der Waals surface area contributed by atoms with Gasteiger partial charge in [0.15, 0.2) is 0 Å². The zero-order valence-corrected chi connectivity index (χ0v) is 9.41. The average molecular weight is 194 g/mol. The maximum atomic E-state index is 5.92. The molecule has 0 radical (unpaired) electrons. The molecule has 0 aromatic rings. The fraction of sp³-hybridized carbons (Fsp3) is 1.00. The smallest absolute Gasteiger partial charge is 0.0609 e. The van der Waals surface area contributed by atoms with E-state index in [1.165, 1.54) is 25.7 Å². The number of ether oxygens (including phenoxy) is 1. The topological polar surface area (TPSA) is 9.23 Å². The van der Waals surface area contributed by atoms with Crippen LogP contribution in [-0.4, -0.2) is 12.7 Å². The van der Waals surface area contributed by atoms with Crippen LogP contribution in [0, 0.1) is 29.6 Å². The van der Waals surface area contributed by atoms with Gasteiger partial charge >= 0.3 is 0 Å². The maximum absolute atomic E-state index is 5.92. The Kier molecular flexibility index (Phi) is 2.12. The van der Waals surface area contributed by atoms with Gasteiger partial charge in [0.25, 0.3) is 0 Å². The Balaban J connectivity index is 1.84. The van der Waals surface area contributed by atoms with Gasteiger partial charge < -0.3 is 4.74 Å². The molecule has 0 bridgehead atoms. The van der Waals surface area contributed by atoms with Gasteiger partial charge in [0.1, 0.15) is 0 Å². The molecule has 1 nitrogen and oxygen atoms in total. The molecule has 1 heterocycles. The molecule has 3 fully saturated rings.